The van der Waals surface area contributed by atoms with E-state index in [1.54, 1.807) is 19.1 Å². The fourth-order valence-corrected chi connectivity index (χ4v) is 1.44. The van der Waals surface area contributed by atoms with Crippen LogP contribution in [-0.2, 0) is 0 Å². The number of ether oxygens (including phenoxy) is 1. The average Bonchev–Trinajstić information content (AvgIpc) is 2.22. The van der Waals surface area contributed by atoms with Crippen molar-refractivity contribution in [3.05, 3.63) is 29.1 Å². The molecule has 84 valence electrons. The number of halogens is 1. The van der Waals surface area contributed by atoms with E-state index < -0.39 is 0 Å². The number of hydrogen-bond donors (Lipinski definition) is 1. The van der Waals surface area contributed by atoms with E-state index in [1.807, 2.05) is 20.9 Å². The largest absolute Gasteiger partial charge is 0.494 e. The summed E-state index contributed by atoms with van der Waals surface area (Å²) in [4.78, 5) is 0. The molecule has 0 amide bonds. The highest BCUT2D eigenvalue weighted by Gasteiger charge is 2.13. The predicted octanol–water partition coefficient (Wildman–Crippen LogP) is 2.81. The summed E-state index contributed by atoms with van der Waals surface area (Å²) in [5.74, 6) is 0.578. The summed E-state index contributed by atoms with van der Waals surface area (Å²) in [5.41, 5.74) is 1.48. The Labute approximate surface area is 90.4 Å². The maximum Gasteiger partial charge on any atom is 0.126 e. The Hall–Kier alpha value is -1.09. The smallest absolute Gasteiger partial charge is 0.126 e. The molecule has 1 rings (SSSR count). The molecule has 0 saturated heterocycles. The highest BCUT2D eigenvalue weighted by Crippen LogP contribution is 2.28. The van der Waals surface area contributed by atoms with Gasteiger partial charge in [0.05, 0.1) is 6.61 Å². The van der Waals surface area contributed by atoms with Crippen LogP contribution in [0.2, 0.25) is 0 Å². The van der Waals surface area contributed by atoms with E-state index in [-0.39, 0.29) is 11.9 Å². The number of benzene rings is 1. The maximum atomic E-state index is 13.4. The van der Waals surface area contributed by atoms with Crippen molar-refractivity contribution < 1.29 is 9.13 Å². The van der Waals surface area contributed by atoms with Crippen molar-refractivity contribution in [2.24, 2.45) is 0 Å². The Morgan fingerprint density at radius 1 is 1.47 bits per heavy atom. The first kappa shape index (κ1) is 12.0. The van der Waals surface area contributed by atoms with Crippen molar-refractivity contribution in [1.82, 2.24) is 5.32 Å². The van der Waals surface area contributed by atoms with Crippen LogP contribution in [0, 0.1) is 12.7 Å². The summed E-state index contributed by atoms with van der Waals surface area (Å²) in [6, 6.07) is 3.38. The summed E-state index contributed by atoms with van der Waals surface area (Å²) < 4.78 is 18.9. The van der Waals surface area contributed by atoms with Crippen LogP contribution < -0.4 is 10.1 Å². The molecule has 0 aliphatic carbocycles. The van der Waals surface area contributed by atoms with Crippen LogP contribution in [0.25, 0.3) is 0 Å². The van der Waals surface area contributed by atoms with Gasteiger partial charge in [-0.05, 0) is 45.5 Å². The minimum atomic E-state index is -0.185. The lowest BCUT2D eigenvalue weighted by atomic mass is 10.0. The van der Waals surface area contributed by atoms with E-state index in [4.69, 9.17) is 4.74 Å². The van der Waals surface area contributed by atoms with Crippen LogP contribution in [0.15, 0.2) is 12.1 Å². The first-order valence-corrected chi connectivity index (χ1v) is 5.20. The Balaban J connectivity index is 3.15. The fraction of sp³-hybridized carbons (Fsp3) is 0.500. The van der Waals surface area contributed by atoms with Gasteiger partial charge in [0.25, 0.3) is 0 Å². The van der Waals surface area contributed by atoms with Crippen molar-refractivity contribution in [3.8, 4) is 5.75 Å². The van der Waals surface area contributed by atoms with Gasteiger partial charge in [0.2, 0.25) is 0 Å². The molecule has 1 N–H and O–H groups in total. The van der Waals surface area contributed by atoms with Gasteiger partial charge in [-0.1, -0.05) is 0 Å². The zero-order valence-corrected chi connectivity index (χ0v) is 9.73. The molecule has 0 radical (unpaired) electrons. The van der Waals surface area contributed by atoms with Crippen molar-refractivity contribution in [3.63, 3.8) is 0 Å². The lowest BCUT2D eigenvalue weighted by Gasteiger charge is -2.17. The number of nitrogens with one attached hydrogen (secondary N) is 1. The molecule has 1 unspecified atom stereocenters. The Bertz CT molecular complexity index is 339. The third-order valence-electron chi connectivity index (χ3n) is 2.49. The van der Waals surface area contributed by atoms with Gasteiger partial charge >= 0.3 is 0 Å². The van der Waals surface area contributed by atoms with Crippen molar-refractivity contribution in [2.45, 2.75) is 26.8 Å². The highest BCUT2D eigenvalue weighted by molar-refractivity contribution is 5.40. The lowest BCUT2D eigenvalue weighted by Crippen LogP contribution is -2.14. The monoisotopic (exact) mass is 211 g/mol. The van der Waals surface area contributed by atoms with Crippen LogP contribution in [0.3, 0.4) is 0 Å². The summed E-state index contributed by atoms with van der Waals surface area (Å²) in [6.45, 7) is 6.24. The van der Waals surface area contributed by atoms with E-state index >= 15 is 0 Å². The van der Waals surface area contributed by atoms with Gasteiger partial charge in [-0.15, -0.1) is 0 Å². The number of rotatable bonds is 4. The second kappa shape index (κ2) is 5.12. The van der Waals surface area contributed by atoms with Crippen molar-refractivity contribution >= 4 is 0 Å². The standard InChI is InChI=1S/C12H18FNO/c1-5-15-12-6-8(2)11(13)7-10(12)9(3)14-4/h6-7,9,14H,5H2,1-4H3. The van der Waals surface area contributed by atoms with Gasteiger partial charge in [0, 0.05) is 11.6 Å². The van der Waals surface area contributed by atoms with Crippen LogP contribution in [-0.4, -0.2) is 13.7 Å². The third-order valence-corrected chi connectivity index (χ3v) is 2.49. The number of hydrogen-bond acceptors (Lipinski definition) is 2. The third kappa shape index (κ3) is 2.69. The van der Waals surface area contributed by atoms with E-state index in [2.05, 4.69) is 5.32 Å². The van der Waals surface area contributed by atoms with Gasteiger partial charge in [-0.2, -0.15) is 0 Å². The molecule has 0 fully saturated rings. The predicted molar refractivity (Wildman–Crippen MR) is 59.8 cm³/mol. The molecule has 1 aromatic rings. The summed E-state index contributed by atoms with van der Waals surface area (Å²) in [6.07, 6.45) is 0. The van der Waals surface area contributed by atoms with E-state index in [0.717, 1.165) is 11.3 Å². The van der Waals surface area contributed by atoms with Gasteiger partial charge in [0.1, 0.15) is 11.6 Å². The Morgan fingerprint density at radius 2 is 2.13 bits per heavy atom. The van der Waals surface area contributed by atoms with Crippen LogP contribution in [0.1, 0.15) is 31.0 Å². The summed E-state index contributed by atoms with van der Waals surface area (Å²) in [7, 11) is 1.85. The van der Waals surface area contributed by atoms with Crippen LogP contribution in [0.5, 0.6) is 5.75 Å². The molecule has 1 atom stereocenters. The van der Waals surface area contributed by atoms with E-state index in [9.17, 15) is 4.39 Å². The minimum Gasteiger partial charge on any atom is -0.494 e. The lowest BCUT2D eigenvalue weighted by molar-refractivity contribution is 0.332. The van der Waals surface area contributed by atoms with Crippen LogP contribution >= 0.6 is 0 Å². The molecule has 0 bridgehead atoms. The summed E-state index contributed by atoms with van der Waals surface area (Å²) in [5, 5.41) is 3.08. The molecule has 15 heavy (non-hydrogen) atoms. The SMILES string of the molecule is CCOc1cc(C)c(F)cc1C(C)NC. The second-order valence-electron chi connectivity index (χ2n) is 3.58. The molecular formula is C12H18FNO. The zero-order chi connectivity index (χ0) is 11.4. The Morgan fingerprint density at radius 3 is 2.67 bits per heavy atom. The first-order valence-electron chi connectivity index (χ1n) is 5.20. The minimum absolute atomic E-state index is 0.0849. The molecule has 0 spiro atoms. The topological polar surface area (TPSA) is 21.3 Å². The molecule has 0 heterocycles. The van der Waals surface area contributed by atoms with E-state index in [1.165, 1.54) is 0 Å². The molecule has 0 saturated carbocycles. The van der Waals surface area contributed by atoms with Gasteiger partial charge < -0.3 is 10.1 Å². The molecule has 1 aromatic carbocycles. The van der Waals surface area contributed by atoms with Gasteiger partial charge in [0.15, 0.2) is 0 Å². The van der Waals surface area contributed by atoms with E-state index in [0.29, 0.717) is 12.2 Å². The maximum absolute atomic E-state index is 13.4. The molecule has 2 nitrogen and oxygen atoms in total. The van der Waals surface area contributed by atoms with Gasteiger partial charge in [-0.3, -0.25) is 0 Å². The Kier molecular flexibility index (Phi) is 4.09. The zero-order valence-electron chi connectivity index (χ0n) is 9.73. The fourth-order valence-electron chi connectivity index (χ4n) is 1.44. The molecular weight excluding hydrogens is 193 g/mol. The van der Waals surface area contributed by atoms with Gasteiger partial charge in [-0.25, -0.2) is 4.39 Å². The van der Waals surface area contributed by atoms with Crippen LogP contribution in [0.4, 0.5) is 4.39 Å². The molecule has 3 heteroatoms. The molecule has 0 aromatic heterocycles. The molecule has 0 aliphatic heterocycles. The molecule has 0 aliphatic rings. The second-order valence-corrected chi connectivity index (χ2v) is 3.58. The average molecular weight is 211 g/mol. The summed E-state index contributed by atoms with van der Waals surface area (Å²) >= 11 is 0. The normalized spacial score (nSPS) is 12.6. The van der Waals surface area contributed by atoms with Crippen molar-refractivity contribution in [1.29, 1.82) is 0 Å². The first-order chi connectivity index (χ1) is 7.10. The van der Waals surface area contributed by atoms with Crippen molar-refractivity contribution in [2.75, 3.05) is 13.7 Å². The number of aryl methyl sites for hydroxylation is 1. The quantitative estimate of drug-likeness (QED) is 0.826. The highest BCUT2D eigenvalue weighted by atomic mass is 19.1.